The van der Waals surface area contributed by atoms with Crippen molar-refractivity contribution >= 4 is 11.6 Å². The molecule has 0 bridgehead atoms. The smallest absolute Gasteiger partial charge is 0.223 e. The number of aromatic nitrogens is 1. The molecule has 0 saturated carbocycles. The summed E-state index contributed by atoms with van der Waals surface area (Å²) in [6.45, 7) is 6.90. The van der Waals surface area contributed by atoms with E-state index in [4.69, 9.17) is 16.3 Å². The van der Waals surface area contributed by atoms with E-state index in [9.17, 15) is 4.79 Å². The van der Waals surface area contributed by atoms with Gasteiger partial charge in [-0.15, -0.1) is 11.6 Å². The van der Waals surface area contributed by atoms with E-state index in [1.165, 1.54) is 11.6 Å². The Morgan fingerprint density at radius 3 is 2.38 bits per heavy atom. The number of benzene rings is 1. The van der Waals surface area contributed by atoms with Crippen LogP contribution >= 0.6 is 11.6 Å². The summed E-state index contributed by atoms with van der Waals surface area (Å²) in [5, 5.41) is 0. The topological polar surface area (TPSA) is 42.1 Å². The van der Waals surface area contributed by atoms with Crippen LogP contribution in [-0.4, -0.2) is 4.98 Å². The molecule has 1 aromatic carbocycles. The van der Waals surface area contributed by atoms with Crippen LogP contribution in [0.5, 0.6) is 5.75 Å². The van der Waals surface area contributed by atoms with E-state index in [1.54, 1.807) is 6.20 Å². The standard InChI is InChI=1S/C17H20ClNO2/c1-17(2,3)13-6-4-12(5-7-13)11-21-16-10-19-14(9-18)8-15(16)20/h4-8,10H,9,11H2,1-3H3,(H,19,20). The van der Waals surface area contributed by atoms with E-state index in [-0.39, 0.29) is 16.7 Å². The fraction of sp³-hybridized carbons (Fsp3) is 0.353. The first-order valence-corrected chi connectivity index (χ1v) is 7.43. The lowest BCUT2D eigenvalue weighted by molar-refractivity contribution is 0.302. The normalized spacial score (nSPS) is 11.4. The molecule has 0 radical (unpaired) electrons. The van der Waals surface area contributed by atoms with Crippen LogP contribution in [0.4, 0.5) is 0 Å². The second kappa shape index (κ2) is 6.35. The zero-order chi connectivity index (χ0) is 15.5. The van der Waals surface area contributed by atoms with Gasteiger partial charge in [0.1, 0.15) is 6.61 Å². The SMILES string of the molecule is CC(C)(C)c1ccc(COc2c[nH]c(CCl)cc2=O)cc1. The first-order valence-electron chi connectivity index (χ1n) is 6.90. The van der Waals surface area contributed by atoms with Gasteiger partial charge in [0.2, 0.25) is 5.43 Å². The van der Waals surface area contributed by atoms with Crippen LogP contribution in [0, 0.1) is 0 Å². The number of nitrogens with one attached hydrogen (secondary N) is 1. The van der Waals surface area contributed by atoms with Crippen molar-refractivity contribution in [2.24, 2.45) is 0 Å². The Morgan fingerprint density at radius 2 is 1.86 bits per heavy atom. The summed E-state index contributed by atoms with van der Waals surface area (Å²) < 4.78 is 5.56. The van der Waals surface area contributed by atoms with E-state index < -0.39 is 0 Å². The van der Waals surface area contributed by atoms with Crippen molar-refractivity contribution in [3.05, 3.63) is 63.6 Å². The Bertz CT molecular complexity index is 654. The fourth-order valence-corrected chi connectivity index (χ4v) is 2.11. The zero-order valence-corrected chi connectivity index (χ0v) is 13.3. The van der Waals surface area contributed by atoms with Crippen molar-refractivity contribution in [3.63, 3.8) is 0 Å². The number of alkyl halides is 1. The largest absolute Gasteiger partial charge is 0.483 e. The molecule has 3 nitrogen and oxygen atoms in total. The van der Waals surface area contributed by atoms with Crippen molar-refractivity contribution in [3.8, 4) is 5.75 Å². The molecular weight excluding hydrogens is 286 g/mol. The number of ether oxygens (including phenoxy) is 1. The molecule has 0 fully saturated rings. The van der Waals surface area contributed by atoms with Crippen LogP contribution < -0.4 is 10.2 Å². The van der Waals surface area contributed by atoms with Gasteiger partial charge < -0.3 is 9.72 Å². The summed E-state index contributed by atoms with van der Waals surface area (Å²) in [7, 11) is 0. The Kier molecular flexibility index (Phi) is 4.73. The minimum absolute atomic E-state index is 0.133. The summed E-state index contributed by atoms with van der Waals surface area (Å²) in [6, 6.07) is 9.72. The highest BCUT2D eigenvalue weighted by atomic mass is 35.5. The minimum atomic E-state index is -0.157. The van der Waals surface area contributed by atoms with Crippen molar-refractivity contribution in [2.75, 3.05) is 0 Å². The van der Waals surface area contributed by atoms with E-state index in [1.807, 2.05) is 12.1 Å². The van der Waals surface area contributed by atoms with E-state index in [2.05, 4.69) is 37.9 Å². The fourth-order valence-electron chi connectivity index (χ4n) is 1.95. The van der Waals surface area contributed by atoms with Crippen molar-refractivity contribution in [1.29, 1.82) is 0 Å². The summed E-state index contributed by atoms with van der Waals surface area (Å²) >= 11 is 5.66. The molecule has 2 aromatic rings. The highest BCUT2D eigenvalue weighted by Crippen LogP contribution is 2.22. The first-order chi connectivity index (χ1) is 9.90. The Hall–Kier alpha value is -1.74. The molecule has 1 aromatic heterocycles. The van der Waals surface area contributed by atoms with Gasteiger partial charge in [-0.3, -0.25) is 4.79 Å². The number of rotatable bonds is 4. The van der Waals surface area contributed by atoms with Gasteiger partial charge >= 0.3 is 0 Å². The molecule has 0 amide bonds. The minimum Gasteiger partial charge on any atom is -0.483 e. The van der Waals surface area contributed by atoms with E-state index in [0.29, 0.717) is 18.1 Å². The molecule has 21 heavy (non-hydrogen) atoms. The molecule has 0 saturated heterocycles. The van der Waals surface area contributed by atoms with Crippen LogP contribution in [0.15, 0.2) is 41.3 Å². The highest BCUT2D eigenvalue weighted by molar-refractivity contribution is 6.16. The van der Waals surface area contributed by atoms with E-state index in [0.717, 1.165) is 5.56 Å². The molecule has 4 heteroatoms. The third-order valence-electron chi connectivity index (χ3n) is 3.30. The summed E-state index contributed by atoms with van der Waals surface area (Å²) in [5.41, 5.74) is 2.96. The summed E-state index contributed by atoms with van der Waals surface area (Å²) in [5.74, 6) is 0.591. The maximum Gasteiger partial charge on any atom is 0.223 e. The number of halogens is 1. The van der Waals surface area contributed by atoms with Gasteiger partial charge in [0.05, 0.1) is 5.88 Å². The van der Waals surface area contributed by atoms with Crippen molar-refractivity contribution in [2.45, 2.75) is 38.7 Å². The number of H-pyrrole nitrogens is 1. The van der Waals surface area contributed by atoms with Crippen LogP contribution in [0.3, 0.4) is 0 Å². The molecular formula is C17H20ClNO2. The predicted octanol–water partition coefficient (Wildman–Crippen LogP) is 3.99. The molecule has 1 heterocycles. The molecule has 0 aliphatic heterocycles. The quantitative estimate of drug-likeness (QED) is 0.868. The highest BCUT2D eigenvalue weighted by Gasteiger charge is 2.12. The van der Waals surface area contributed by atoms with Crippen molar-refractivity contribution < 1.29 is 4.74 Å². The first kappa shape index (κ1) is 15.6. The zero-order valence-electron chi connectivity index (χ0n) is 12.6. The molecule has 1 N–H and O–H groups in total. The van der Waals surface area contributed by atoms with Gasteiger partial charge in [0.25, 0.3) is 0 Å². The molecule has 0 atom stereocenters. The average molecular weight is 306 g/mol. The van der Waals surface area contributed by atoms with Crippen LogP contribution in [0.2, 0.25) is 0 Å². The molecule has 2 rings (SSSR count). The van der Waals surface area contributed by atoms with Crippen LogP contribution in [-0.2, 0) is 17.9 Å². The lowest BCUT2D eigenvalue weighted by atomic mass is 9.87. The Morgan fingerprint density at radius 1 is 1.19 bits per heavy atom. The monoisotopic (exact) mass is 305 g/mol. The second-order valence-corrected chi connectivity index (χ2v) is 6.32. The average Bonchev–Trinajstić information content (AvgIpc) is 2.45. The summed E-state index contributed by atoms with van der Waals surface area (Å²) in [4.78, 5) is 14.7. The Balaban J connectivity index is 2.05. The maximum atomic E-state index is 11.8. The molecule has 0 aliphatic carbocycles. The molecule has 112 valence electrons. The molecule has 0 unspecified atom stereocenters. The number of aromatic amines is 1. The van der Waals surface area contributed by atoms with Gasteiger partial charge in [-0.05, 0) is 16.5 Å². The van der Waals surface area contributed by atoms with Gasteiger partial charge in [0.15, 0.2) is 5.75 Å². The van der Waals surface area contributed by atoms with Gasteiger partial charge in [0, 0.05) is 18.0 Å². The lowest BCUT2D eigenvalue weighted by Gasteiger charge is -2.19. The van der Waals surface area contributed by atoms with Crippen molar-refractivity contribution in [1.82, 2.24) is 4.98 Å². The number of pyridine rings is 1. The number of hydrogen-bond acceptors (Lipinski definition) is 2. The lowest BCUT2D eigenvalue weighted by Crippen LogP contribution is -2.11. The Labute approximate surface area is 129 Å². The van der Waals surface area contributed by atoms with Gasteiger partial charge in [-0.25, -0.2) is 0 Å². The molecule has 0 aliphatic rings. The third kappa shape index (κ3) is 4.11. The van der Waals surface area contributed by atoms with Crippen LogP contribution in [0.1, 0.15) is 37.6 Å². The molecule has 0 spiro atoms. The van der Waals surface area contributed by atoms with Gasteiger partial charge in [-0.2, -0.15) is 0 Å². The number of hydrogen-bond donors (Lipinski definition) is 1. The van der Waals surface area contributed by atoms with Crippen LogP contribution in [0.25, 0.3) is 0 Å². The maximum absolute atomic E-state index is 11.8. The second-order valence-electron chi connectivity index (χ2n) is 6.06. The van der Waals surface area contributed by atoms with E-state index >= 15 is 0 Å². The third-order valence-corrected chi connectivity index (χ3v) is 3.58. The predicted molar refractivity (Wildman–Crippen MR) is 86.1 cm³/mol. The summed E-state index contributed by atoms with van der Waals surface area (Å²) in [6.07, 6.45) is 1.56. The van der Waals surface area contributed by atoms with Gasteiger partial charge in [-0.1, -0.05) is 45.0 Å².